The molecular formula is C19H22ClN3O. The molecule has 24 heavy (non-hydrogen) atoms. The molecule has 2 aromatic rings. The number of amides is 1. The molecule has 1 fully saturated rings. The molecule has 1 amide bonds. The predicted octanol–water partition coefficient (Wildman–Crippen LogP) is 3.96. The first-order valence-corrected chi connectivity index (χ1v) is 9.11. The highest BCUT2D eigenvalue weighted by molar-refractivity contribution is 6.34. The maximum absolute atomic E-state index is 13.0. The van der Waals surface area contributed by atoms with E-state index in [0.29, 0.717) is 11.4 Å². The molecule has 1 aromatic carbocycles. The number of hydrogen-bond acceptors (Lipinski definition) is 2. The Morgan fingerprint density at radius 2 is 2.12 bits per heavy atom. The lowest BCUT2D eigenvalue weighted by Crippen LogP contribution is -2.36. The van der Waals surface area contributed by atoms with E-state index in [9.17, 15) is 4.79 Å². The second-order valence-corrected chi connectivity index (χ2v) is 7.39. The summed E-state index contributed by atoms with van der Waals surface area (Å²) in [6, 6.07) is 6.07. The summed E-state index contributed by atoms with van der Waals surface area (Å²) < 4.78 is 1.85. The maximum atomic E-state index is 13.0. The number of halogens is 1. The van der Waals surface area contributed by atoms with Gasteiger partial charge in [0, 0.05) is 24.7 Å². The van der Waals surface area contributed by atoms with E-state index >= 15 is 0 Å². The molecule has 0 saturated heterocycles. The van der Waals surface area contributed by atoms with Crippen molar-refractivity contribution >= 4 is 23.2 Å². The Morgan fingerprint density at radius 1 is 1.33 bits per heavy atom. The van der Waals surface area contributed by atoms with E-state index in [1.54, 1.807) is 6.20 Å². The summed E-state index contributed by atoms with van der Waals surface area (Å²) in [6.07, 6.45) is 8.88. The third-order valence-electron chi connectivity index (χ3n) is 5.52. The van der Waals surface area contributed by atoms with Gasteiger partial charge in [0.1, 0.15) is 0 Å². The van der Waals surface area contributed by atoms with Crippen molar-refractivity contribution in [2.75, 3.05) is 11.4 Å². The summed E-state index contributed by atoms with van der Waals surface area (Å²) in [5.41, 5.74) is 3.28. The minimum absolute atomic E-state index is 0.115. The smallest absolute Gasteiger partial charge is 0.231 e. The molecule has 0 radical (unpaired) electrons. The molecule has 2 aliphatic rings. The monoisotopic (exact) mass is 343 g/mol. The fraction of sp³-hybridized carbons (Fsp3) is 0.474. The van der Waals surface area contributed by atoms with Crippen LogP contribution in [0.5, 0.6) is 0 Å². The number of nitrogens with zero attached hydrogens (tertiary/aromatic N) is 3. The fourth-order valence-electron chi connectivity index (χ4n) is 4.32. The number of hydrogen-bond donors (Lipinski definition) is 0. The number of aryl methyl sites for hydroxylation is 1. The van der Waals surface area contributed by atoms with Gasteiger partial charge in [0.15, 0.2) is 0 Å². The van der Waals surface area contributed by atoms with Gasteiger partial charge in [-0.3, -0.25) is 9.48 Å². The van der Waals surface area contributed by atoms with Crippen molar-refractivity contribution < 1.29 is 4.79 Å². The molecule has 0 bridgehead atoms. The summed E-state index contributed by atoms with van der Waals surface area (Å²) in [7, 11) is 0. The van der Waals surface area contributed by atoms with Crippen molar-refractivity contribution in [1.82, 2.24) is 9.78 Å². The summed E-state index contributed by atoms with van der Waals surface area (Å²) >= 11 is 6.49. The summed E-state index contributed by atoms with van der Waals surface area (Å²) in [6.45, 7) is 3.63. The summed E-state index contributed by atoms with van der Waals surface area (Å²) in [5.74, 6) is 0.115. The molecule has 0 atom stereocenters. The van der Waals surface area contributed by atoms with Crippen molar-refractivity contribution in [3.8, 4) is 0 Å². The first-order valence-electron chi connectivity index (χ1n) is 8.74. The summed E-state index contributed by atoms with van der Waals surface area (Å²) in [4.78, 5) is 14.9. The number of anilines is 1. The van der Waals surface area contributed by atoms with Crippen molar-refractivity contribution in [2.45, 2.75) is 51.0 Å². The quantitative estimate of drug-likeness (QED) is 0.846. The first-order chi connectivity index (χ1) is 11.6. The van der Waals surface area contributed by atoms with Crippen LogP contribution in [0.1, 0.15) is 43.7 Å². The number of carbonyl (C=O) groups excluding carboxylic acids is 1. The van der Waals surface area contributed by atoms with Crippen LogP contribution in [0.15, 0.2) is 30.6 Å². The lowest BCUT2D eigenvalue weighted by atomic mass is 9.81. The van der Waals surface area contributed by atoms with Gasteiger partial charge in [-0.05, 0) is 37.0 Å². The minimum atomic E-state index is 0.115. The Kier molecular flexibility index (Phi) is 3.87. The maximum Gasteiger partial charge on any atom is 0.231 e. The van der Waals surface area contributed by atoms with E-state index < -0.39 is 0 Å². The Labute approximate surface area is 147 Å². The second-order valence-electron chi connectivity index (χ2n) is 6.98. The number of aromatic nitrogens is 2. The van der Waals surface area contributed by atoms with E-state index in [1.807, 2.05) is 34.8 Å². The van der Waals surface area contributed by atoms with Gasteiger partial charge in [-0.2, -0.15) is 5.10 Å². The van der Waals surface area contributed by atoms with E-state index in [0.717, 1.165) is 37.2 Å². The lowest BCUT2D eigenvalue weighted by molar-refractivity contribution is -0.118. The topological polar surface area (TPSA) is 38.1 Å². The number of fused-ring (bicyclic) bond motifs is 2. The highest BCUT2D eigenvalue weighted by Crippen LogP contribution is 2.52. The molecular weight excluding hydrogens is 322 g/mol. The van der Waals surface area contributed by atoms with Gasteiger partial charge in [0.25, 0.3) is 0 Å². The second kappa shape index (κ2) is 5.92. The normalized spacial score (nSPS) is 18.3. The number of benzene rings is 1. The van der Waals surface area contributed by atoms with Crippen molar-refractivity contribution in [1.29, 1.82) is 0 Å². The molecule has 0 N–H and O–H groups in total. The molecule has 4 rings (SSSR count). The molecule has 1 aliphatic heterocycles. The van der Waals surface area contributed by atoms with Gasteiger partial charge >= 0.3 is 0 Å². The first kappa shape index (κ1) is 15.7. The van der Waals surface area contributed by atoms with Crippen molar-refractivity contribution in [3.05, 3.63) is 46.7 Å². The van der Waals surface area contributed by atoms with Gasteiger partial charge < -0.3 is 4.90 Å². The molecule has 0 unspecified atom stereocenters. The van der Waals surface area contributed by atoms with Gasteiger partial charge in [-0.15, -0.1) is 0 Å². The molecule has 1 aliphatic carbocycles. The standard InChI is InChI=1S/C19H22ClN3O/c1-2-22-12-14(11-21-22)10-17(24)23-13-19(8-3-4-9-19)15-6-5-7-16(20)18(15)23/h5-7,11-12H,2-4,8-10,13H2,1H3. The Morgan fingerprint density at radius 3 is 2.83 bits per heavy atom. The van der Waals surface area contributed by atoms with Crippen LogP contribution in [0.25, 0.3) is 0 Å². The van der Waals surface area contributed by atoms with Crippen molar-refractivity contribution in [2.24, 2.45) is 0 Å². The van der Waals surface area contributed by atoms with Crippen LogP contribution >= 0.6 is 11.6 Å². The highest BCUT2D eigenvalue weighted by atomic mass is 35.5. The number of para-hydroxylation sites is 1. The van der Waals surface area contributed by atoms with Gasteiger partial charge in [0.05, 0.1) is 23.3 Å². The average Bonchev–Trinajstić information content (AvgIpc) is 3.29. The summed E-state index contributed by atoms with van der Waals surface area (Å²) in [5, 5.41) is 4.96. The zero-order chi connectivity index (χ0) is 16.7. The van der Waals surface area contributed by atoms with Crippen molar-refractivity contribution in [3.63, 3.8) is 0 Å². The SMILES string of the molecule is CCn1cc(CC(=O)N2CC3(CCCC3)c3cccc(Cl)c32)cn1. The third kappa shape index (κ3) is 2.44. The van der Waals surface area contributed by atoms with Crippen LogP contribution in [0.2, 0.25) is 5.02 Å². The van der Waals surface area contributed by atoms with Crippen LogP contribution in [0.3, 0.4) is 0 Å². The Hall–Kier alpha value is -1.81. The van der Waals surface area contributed by atoms with Crippen LogP contribution in [0, 0.1) is 0 Å². The average molecular weight is 344 g/mol. The predicted molar refractivity (Wildman–Crippen MR) is 95.6 cm³/mol. The molecule has 1 saturated carbocycles. The van der Waals surface area contributed by atoms with Gasteiger partial charge in [-0.1, -0.05) is 36.6 Å². The number of rotatable bonds is 3. The zero-order valence-electron chi connectivity index (χ0n) is 14.0. The molecule has 5 heteroatoms. The molecule has 126 valence electrons. The van der Waals surface area contributed by atoms with E-state index in [-0.39, 0.29) is 11.3 Å². The molecule has 2 heterocycles. The molecule has 4 nitrogen and oxygen atoms in total. The Balaban J connectivity index is 1.65. The van der Waals surface area contributed by atoms with Crippen LogP contribution in [0.4, 0.5) is 5.69 Å². The van der Waals surface area contributed by atoms with Gasteiger partial charge in [0.2, 0.25) is 5.91 Å². The molecule has 1 aromatic heterocycles. The van der Waals surface area contributed by atoms with E-state index in [1.165, 1.54) is 18.4 Å². The van der Waals surface area contributed by atoms with Crippen LogP contribution in [-0.2, 0) is 23.2 Å². The van der Waals surface area contributed by atoms with Gasteiger partial charge in [-0.25, -0.2) is 0 Å². The van der Waals surface area contributed by atoms with E-state index in [4.69, 9.17) is 11.6 Å². The number of carbonyl (C=O) groups is 1. The van der Waals surface area contributed by atoms with E-state index in [2.05, 4.69) is 11.2 Å². The largest absolute Gasteiger partial charge is 0.309 e. The lowest BCUT2D eigenvalue weighted by Gasteiger charge is -2.24. The third-order valence-corrected chi connectivity index (χ3v) is 5.82. The molecule has 1 spiro atoms. The van der Waals surface area contributed by atoms with Crippen LogP contribution < -0.4 is 4.90 Å². The highest BCUT2D eigenvalue weighted by Gasteiger charge is 2.46. The zero-order valence-corrected chi connectivity index (χ0v) is 14.7. The fourth-order valence-corrected chi connectivity index (χ4v) is 4.59. The Bertz CT molecular complexity index is 777. The van der Waals surface area contributed by atoms with Crippen LogP contribution in [-0.4, -0.2) is 22.2 Å². The minimum Gasteiger partial charge on any atom is -0.309 e.